The Kier molecular flexibility index (Phi) is 5.07. The van der Waals surface area contributed by atoms with Crippen molar-refractivity contribution >= 4 is 28.6 Å². The zero-order valence-corrected chi connectivity index (χ0v) is 12.2. The zero-order chi connectivity index (χ0) is 13.7. The van der Waals surface area contributed by atoms with Crippen LogP contribution in [0, 0.1) is 0 Å². The molecule has 0 radical (unpaired) electrons. The molecule has 19 heavy (non-hydrogen) atoms. The van der Waals surface area contributed by atoms with Gasteiger partial charge in [-0.05, 0) is 31.2 Å². The number of aliphatic hydroxyl groups is 1. The summed E-state index contributed by atoms with van der Waals surface area (Å²) in [6.45, 7) is 3.20. The number of benzene rings is 1. The van der Waals surface area contributed by atoms with Crippen molar-refractivity contribution in [1.29, 1.82) is 0 Å². The first-order valence-corrected chi connectivity index (χ1v) is 7.32. The standard InChI is InChI=1S/C14H16ClNO2S/c1-2-18-14-4-3-12(5-10(14)8-17)16-7-13-6-11(15)9-19-13/h3-6,9,16-17H,2,7-8H2,1H3. The number of hydrogen-bond donors (Lipinski definition) is 2. The Balaban J connectivity index is 2.04. The molecule has 0 aliphatic rings. The first kappa shape index (κ1) is 14.2. The second-order valence-electron chi connectivity index (χ2n) is 4.00. The van der Waals surface area contributed by atoms with Gasteiger partial charge in [-0.15, -0.1) is 11.3 Å². The summed E-state index contributed by atoms with van der Waals surface area (Å²) in [4.78, 5) is 1.17. The average Bonchev–Trinajstić information content (AvgIpc) is 2.83. The quantitative estimate of drug-likeness (QED) is 0.849. The van der Waals surface area contributed by atoms with Crippen molar-refractivity contribution < 1.29 is 9.84 Å². The third kappa shape index (κ3) is 3.86. The van der Waals surface area contributed by atoms with Crippen molar-refractivity contribution in [3.63, 3.8) is 0 Å². The van der Waals surface area contributed by atoms with E-state index < -0.39 is 0 Å². The molecule has 1 aromatic carbocycles. The summed E-state index contributed by atoms with van der Waals surface area (Å²) in [5.74, 6) is 0.731. The summed E-state index contributed by atoms with van der Waals surface area (Å²) in [6, 6.07) is 7.67. The number of hydrogen-bond acceptors (Lipinski definition) is 4. The van der Waals surface area contributed by atoms with Crippen LogP contribution in [0.3, 0.4) is 0 Å². The Labute approximate surface area is 121 Å². The Morgan fingerprint density at radius 3 is 2.84 bits per heavy atom. The maximum atomic E-state index is 9.33. The number of aliphatic hydroxyl groups excluding tert-OH is 1. The minimum atomic E-state index is -0.0321. The van der Waals surface area contributed by atoms with Gasteiger partial charge in [0.2, 0.25) is 0 Å². The van der Waals surface area contributed by atoms with Crippen LogP contribution in [0.5, 0.6) is 5.75 Å². The van der Waals surface area contributed by atoms with Crippen LogP contribution in [0.2, 0.25) is 5.02 Å². The van der Waals surface area contributed by atoms with Crippen molar-refractivity contribution in [3.05, 3.63) is 45.1 Å². The molecule has 0 atom stereocenters. The summed E-state index contributed by atoms with van der Waals surface area (Å²) >= 11 is 7.50. The number of ether oxygens (including phenoxy) is 1. The monoisotopic (exact) mass is 297 g/mol. The normalized spacial score (nSPS) is 10.5. The molecule has 1 aromatic heterocycles. The molecule has 2 N–H and O–H groups in total. The van der Waals surface area contributed by atoms with Gasteiger partial charge in [0.25, 0.3) is 0 Å². The highest BCUT2D eigenvalue weighted by Gasteiger charge is 2.04. The van der Waals surface area contributed by atoms with E-state index in [1.54, 1.807) is 11.3 Å². The fraction of sp³-hybridized carbons (Fsp3) is 0.286. The van der Waals surface area contributed by atoms with Gasteiger partial charge in [-0.25, -0.2) is 0 Å². The lowest BCUT2D eigenvalue weighted by Gasteiger charge is -2.11. The van der Waals surface area contributed by atoms with Crippen molar-refractivity contribution in [3.8, 4) is 5.75 Å². The van der Waals surface area contributed by atoms with Gasteiger partial charge in [-0.1, -0.05) is 11.6 Å². The average molecular weight is 298 g/mol. The molecule has 102 valence electrons. The van der Waals surface area contributed by atoms with E-state index in [2.05, 4.69) is 5.32 Å². The van der Waals surface area contributed by atoms with E-state index in [9.17, 15) is 5.11 Å². The van der Waals surface area contributed by atoms with Gasteiger partial charge in [0.05, 0.1) is 18.2 Å². The molecule has 2 aromatic rings. The number of halogens is 1. The van der Waals surface area contributed by atoms with E-state index in [1.807, 2.05) is 36.6 Å². The van der Waals surface area contributed by atoms with Gasteiger partial charge in [0, 0.05) is 28.1 Å². The Hall–Kier alpha value is -1.23. The minimum absolute atomic E-state index is 0.0321. The van der Waals surface area contributed by atoms with Gasteiger partial charge in [-0.2, -0.15) is 0 Å². The smallest absolute Gasteiger partial charge is 0.124 e. The lowest BCUT2D eigenvalue weighted by atomic mass is 10.2. The third-order valence-electron chi connectivity index (χ3n) is 2.62. The predicted molar refractivity (Wildman–Crippen MR) is 80.2 cm³/mol. The van der Waals surface area contributed by atoms with E-state index in [-0.39, 0.29) is 6.61 Å². The number of rotatable bonds is 6. The molecule has 0 aliphatic carbocycles. The highest BCUT2D eigenvalue weighted by Crippen LogP contribution is 2.24. The zero-order valence-electron chi connectivity index (χ0n) is 10.6. The molecule has 0 fully saturated rings. The molecule has 0 bridgehead atoms. The fourth-order valence-corrected chi connectivity index (χ4v) is 2.76. The van der Waals surface area contributed by atoms with Crippen LogP contribution < -0.4 is 10.1 Å². The highest BCUT2D eigenvalue weighted by atomic mass is 35.5. The second kappa shape index (κ2) is 6.80. The largest absolute Gasteiger partial charge is 0.494 e. The van der Waals surface area contributed by atoms with Crippen molar-refractivity contribution in [1.82, 2.24) is 0 Å². The summed E-state index contributed by atoms with van der Waals surface area (Å²) < 4.78 is 5.45. The Morgan fingerprint density at radius 2 is 2.21 bits per heavy atom. The number of anilines is 1. The molecule has 0 aliphatic heterocycles. The van der Waals surface area contributed by atoms with E-state index in [0.29, 0.717) is 6.61 Å². The first-order chi connectivity index (χ1) is 9.22. The minimum Gasteiger partial charge on any atom is -0.494 e. The molecule has 0 unspecified atom stereocenters. The molecule has 3 nitrogen and oxygen atoms in total. The molecule has 5 heteroatoms. The van der Waals surface area contributed by atoms with E-state index in [4.69, 9.17) is 16.3 Å². The molecule has 0 saturated carbocycles. The van der Waals surface area contributed by atoms with Crippen LogP contribution in [0.4, 0.5) is 5.69 Å². The number of thiophene rings is 1. The lowest BCUT2D eigenvalue weighted by Crippen LogP contribution is -2.01. The van der Waals surface area contributed by atoms with Crippen LogP contribution in [-0.2, 0) is 13.2 Å². The maximum Gasteiger partial charge on any atom is 0.124 e. The van der Waals surface area contributed by atoms with Crippen LogP contribution >= 0.6 is 22.9 Å². The predicted octanol–water partition coefficient (Wildman–Crippen LogP) is 3.90. The van der Waals surface area contributed by atoms with Gasteiger partial charge in [-0.3, -0.25) is 0 Å². The van der Waals surface area contributed by atoms with E-state index in [0.717, 1.165) is 28.6 Å². The van der Waals surface area contributed by atoms with E-state index in [1.165, 1.54) is 4.88 Å². The molecular formula is C14H16ClNO2S. The summed E-state index contributed by atoms with van der Waals surface area (Å²) in [5.41, 5.74) is 1.74. The Morgan fingerprint density at radius 1 is 1.37 bits per heavy atom. The molecule has 1 heterocycles. The molecule has 0 amide bonds. The van der Waals surface area contributed by atoms with Crippen molar-refractivity contribution in [2.24, 2.45) is 0 Å². The van der Waals surface area contributed by atoms with Crippen LogP contribution in [0.1, 0.15) is 17.4 Å². The summed E-state index contributed by atoms with van der Waals surface area (Å²) in [7, 11) is 0. The van der Waals surface area contributed by atoms with Gasteiger partial charge >= 0.3 is 0 Å². The molecule has 2 rings (SSSR count). The number of nitrogens with one attached hydrogen (secondary N) is 1. The summed E-state index contributed by atoms with van der Waals surface area (Å²) in [6.07, 6.45) is 0. The topological polar surface area (TPSA) is 41.5 Å². The van der Waals surface area contributed by atoms with Crippen LogP contribution in [0.15, 0.2) is 29.6 Å². The third-order valence-corrected chi connectivity index (χ3v) is 3.90. The lowest BCUT2D eigenvalue weighted by molar-refractivity contribution is 0.267. The van der Waals surface area contributed by atoms with Crippen LogP contribution in [-0.4, -0.2) is 11.7 Å². The summed E-state index contributed by atoms with van der Waals surface area (Å²) in [5, 5.41) is 15.3. The van der Waals surface area contributed by atoms with Gasteiger partial charge < -0.3 is 15.2 Å². The maximum absolute atomic E-state index is 9.33. The van der Waals surface area contributed by atoms with Crippen LogP contribution in [0.25, 0.3) is 0 Å². The first-order valence-electron chi connectivity index (χ1n) is 6.06. The van der Waals surface area contributed by atoms with Gasteiger partial charge in [0.1, 0.15) is 5.75 Å². The molecule has 0 spiro atoms. The Bertz CT molecular complexity index is 542. The SMILES string of the molecule is CCOc1ccc(NCc2cc(Cl)cs2)cc1CO. The van der Waals surface area contributed by atoms with Gasteiger partial charge in [0.15, 0.2) is 0 Å². The molecular weight excluding hydrogens is 282 g/mol. The van der Waals surface area contributed by atoms with E-state index >= 15 is 0 Å². The van der Waals surface area contributed by atoms with Crippen molar-refractivity contribution in [2.75, 3.05) is 11.9 Å². The molecule has 0 saturated heterocycles. The fourth-order valence-electron chi connectivity index (χ4n) is 1.74. The second-order valence-corrected chi connectivity index (χ2v) is 5.43. The van der Waals surface area contributed by atoms with Crippen molar-refractivity contribution in [2.45, 2.75) is 20.1 Å². The highest BCUT2D eigenvalue weighted by molar-refractivity contribution is 7.10.